The summed E-state index contributed by atoms with van der Waals surface area (Å²) in [5.41, 5.74) is 5.95. The number of hydrogen-bond donors (Lipinski definition) is 1. The molecule has 142 valence electrons. The molecule has 0 fully saturated rings. The lowest BCUT2D eigenvalue weighted by atomic mass is 9.99. The number of thiophene rings is 1. The van der Waals surface area contributed by atoms with E-state index in [1.165, 1.54) is 46.0 Å². The lowest BCUT2D eigenvalue weighted by Gasteiger charge is -2.08. The number of carbonyl (C=O) groups excluding carboxylic acids is 1. The number of aryl methyl sites for hydroxylation is 3. The summed E-state index contributed by atoms with van der Waals surface area (Å²) in [4.78, 5) is 19.5. The minimum atomic E-state index is -0.0354. The molecule has 0 aromatic carbocycles. The molecule has 1 aliphatic rings. The van der Waals surface area contributed by atoms with E-state index in [1.807, 2.05) is 5.38 Å². The highest BCUT2D eigenvalue weighted by molar-refractivity contribution is 7.15. The van der Waals surface area contributed by atoms with Gasteiger partial charge in [0.15, 0.2) is 5.13 Å². The van der Waals surface area contributed by atoms with E-state index in [0.29, 0.717) is 5.13 Å². The third kappa shape index (κ3) is 3.60. The maximum Gasteiger partial charge on any atom is 0.267 e. The van der Waals surface area contributed by atoms with Crippen LogP contribution in [-0.2, 0) is 19.4 Å². The van der Waals surface area contributed by atoms with Crippen LogP contribution in [0, 0.1) is 13.8 Å². The van der Waals surface area contributed by atoms with Crippen LogP contribution in [0.5, 0.6) is 0 Å². The van der Waals surface area contributed by atoms with Gasteiger partial charge in [-0.3, -0.25) is 10.1 Å². The van der Waals surface area contributed by atoms with Gasteiger partial charge in [0, 0.05) is 33.8 Å². The van der Waals surface area contributed by atoms with Crippen molar-refractivity contribution in [2.75, 3.05) is 5.32 Å². The fraction of sp³-hybridized carbons (Fsp3) is 0.429. The van der Waals surface area contributed by atoms with Crippen LogP contribution in [0.1, 0.15) is 57.7 Å². The molecule has 3 aromatic heterocycles. The summed E-state index contributed by atoms with van der Waals surface area (Å²) in [6.07, 6.45) is 5.80. The topological polar surface area (TPSA) is 46.9 Å². The summed E-state index contributed by atoms with van der Waals surface area (Å²) in [5.74, 6) is -0.0354. The summed E-state index contributed by atoms with van der Waals surface area (Å²) in [6, 6.07) is 4.26. The van der Waals surface area contributed by atoms with Crippen LogP contribution in [0.2, 0.25) is 0 Å². The second kappa shape index (κ2) is 7.60. The van der Waals surface area contributed by atoms with E-state index < -0.39 is 0 Å². The first-order valence-corrected chi connectivity index (χ1v) is 11.3. The average molecular weight is 400 g/mol. The number of hydrogen-bond acceptors (Lipinski definition) is 4. The Kier molecular flexibility index (Phi) is 5.19. The van der Waals surface area contributed by atoms with Crippen LogP contribution in [0.3, 0.4) is 0 Å². The minimum absolute atomic E-state index is 0.0354. The van der Waals surface area contributed by atoms with Crippen molar-refractivity contribution >= 4 is 33.7 Å². The van der Waals surface area contributed by atoms with Gasteiger partial charge in [-0.25, -0.2) is 4.98 Å². The normalized spacial score (nSPS) is 13.6. The van der Waals surface area contributed by atoms with Crippen LogP contribution < -0.4 is 5.32 Å². The Morgan fingerprint density at radius 2 is 2.07 bits per heavy atom. The maximum atomic E-state index is 12.6. The smallest absolute Gasteiger partial charge is 0.267 e. The van der Waals surface area contributed by atoms with Crippen molar-refractivity contribution in [2.45, 2.75) is 59.4 Å². The number of anilines is 1. The average Bonchev–Trinajstić information content (AvgIpc) is 3.35. The molecule has 1 amide bonds. The highest BCUT2D eigenvalue weighted by Crippen LogP contribution is 2.32. The van der Waals surface area contributed by atoms with Gasteiger partial charge in [-0.2, -0.15) is 0 Å². The van der Waals surface area contributed by atoms with E-state index in [0.717, 1.165) is 41.9 Å². The van der Waals surface area contributed by atoms with Gasteiger partial charge in [-0.15, -0.1) is 22.7 Å². The fourth-order valence-electron chi connectivity index (χ4n) is 3.84. The van der Waals surface area contributed by atoms with Crippen LogP contribution in [0.4, 0.5) is 5.13 Å². The Labute approximate surface area is 168 Å². The molecular weight excluding hydrogens is 374 g/mol. The van der Waals surface area contributed by atoms with E-state index in [4.69, 9.17) is 0 Å². The van der Waals surface area contributed by atoms with Crippen LogP contribution in [0.15, 0.2) is 17.5 Å². The quantitative estimate of drug-likeness (QED) is 0.586. The molecule has 4 nitrogen and oxygen atoms in total. The molecule has 0 spiro atoms. The molecule has 6 heteroatoms. The fourth-order valence-corrected chi connectivity index (χ4v) is 5.70. The van der Waals surface area contributed by atoms with E-state index >= 15 is 0 Å². The van der Waals surface area contributed by atoms with Crippen molar-refractivity contribution < 1.29 is 4.79 Å². The predicted octanol–water partition coefficient (Wildman–Crippen LogP) is 5.83. The molecule has 1 N–H and O–H groups in total. The second-order valence-electron chi connectivity index (χ2n) is 7.19. The summed E-state index contributed by atoms with van der Waals surface area (Å²) in [6.45, 7) is 7.50. The molecule has 0 bridgehead atoms. The van der Waals surface area contributed by atoms with E-state index in [2.05, 4.69) is 47.8 Å². The lowest BCUT2D eigenvalue weighted by Crippen LogP contribution is -2.09. The highest BCUT2D eigenvalue weighted by atomic mass is 32.1. The monoisotopic (exact) mass is 399 g/mol. The number of nitrogens with one attached hydrogen (secondary N) is 1. The highest BCUT2D eigenvalue weighted by Gasteiger charge is 2.19. The number of rotatable bonds is 5. The van der Waals surface area contributed by atoms with Crippen molar-refractivity contribution in [1.29, 1.82) is 0 Å². The minimum Gasteiger partial charge on any atom is -0.348 e. The van der Waals surface area contributed by atoms with Gasteiger partial charge in [-0.1, -0.05) is 6.92 Å². The zero-order valence-corrected chi connectivity index (χ0v) is 17.7. The van der Waals surface area contributed by atoms with Crippen LogP contribution in [0.25, 0.3) is 11.3 Å². The first-order valence-electron chi connectivity index (χ1n) is 9.62. The van der Waals surface area contributed by atoms with Crippen molar-refractivity contribution in [1.82, 2.24) is 9.55 Å². The summed E-state index contributed by atoms with van der Waals surface area (Å²) < 4.78 is 2.34. The lowest BCUT2D eigenvalue weighted by molar-refractivity contribution is 0.103. The number of fused-ring (bicyclic) bond motifs is 1. The first-order chi connectivity index (χ1) is 13.1. The van der Waals surface area contributed by atoms with Gasteiger partial charge in [0.2, 0.25) is 0 Å². The van der Waals surface area contributed by atoms with Crippen molar-refractivity contribution in [3.63, 3.8) is 0 Å². The summed E-state index contributed by atoms with van der Waals surface area (Å²) in [5, 5.41) is 5.70. The van der Waals surface area contributed by atoms with Gasteiger partial charge in [0.05, 0.1) is 10.6 Å². The molecule has 0 saturated carbocycles. The van der Waals surface area contributed by atoms with E-state index in [9.17, 15) is 4.79 Å². The molecule has 4 rings (SSSR count). The molecule has 3 heterocycles. The third-order valence-electron chi connectivity index (χ3n) is 5.24. The Hall–Kier alpha value is -1.92. The Bertz CT molecular complexity index is 956. The van der Waals surface area contributed by atoms with Crippen LogP contribution in [-0.4, -0.2) is 15.5 Å². The van der Waals surface area contributed by atoms with Gasteiger partial charge >= 0.3 is 0 Å². The number of aromatic nitrogens is 2. The van der Waals surface area contributed by atoms with E-state index in [-0.39, 0.29) is 5.91 Å². The van der Waals surface area contributed by atoms with Gasteiger partial charge in [0.25, 0.3) is 5.91 Å². The summed E-state index contributed by atoms with van der Waals surface area (Å²) in [7, 11) is 0. The molecule has 27 heavy (non-hydrogen) atoms. The van der Waals surface area contributed by atoms with Crippen molar-refractivity contribution in [3.8, 4) is 11.3 Å². The van der Waals surface area contributed by atoms with Gasteiger partial charge in [0.1, 0.15) is 0 Å². The van der Waals surface area contributed by atoms with Crippen molar-refractivity contribution in [2.24, 2.45) is 0 Å². The zero-order valence-electron chi connectivity index (χ0n) is 16.1. The van der Waals surface area contributed by atoms with Gasteiger partial charge in [-0.05, 0) is 63.6 Å². The Balaban J connectivity index is 1.52. The zero-order chi connectivity index (χ0) is 19.0. The Morgan fingerprint density at radius 1 is 1.26 bits per heavy atom. The molecule has 0 atom stereocenters. The largest absolute Gasteiger partial charge is 0.348 e. The van der Waals surface area contributed by atoms with E-state index in [1.54, 1.807) is 11.3 Å². The second-order valence-corrected chi connectivity index (χ2v) is 9.19. The van der Waals surface area contributed by atoms with Crippen molar-refractivity contribution in [3.05, 3.63) is 44.2 Å². The molecule has 0 aliphatic heterocycles. The Morgan fingerprint density at radius 3 is 2.85 bits per heavy atom. The van der Waals surface area contributed by atoms with Crippen LogP contribution >= 0.6 is 22.7 Å². The maximum absolute atomic E-state index is 12.6. The molecule has 0 unspecified atom stereocenters. The number of thiazole rings is 1. The van der Waals surface area contributed by atoms with Gasteiger partial charge < -0.3 is 4.57 Å². The molecule has 3 aromatic rings. The number of carbonyl (C=O) groups is 1. The standard InChI is InChI=1S/C21H25N3OS2/c1-4-9-24-13(2)10-16(14(24)3)17-12-26-21(22-17)23-20(25)19-11-15-7-5-6-8-18(15)27-19/h10-12H,4-9H2,1-3H3,(H,22,23,25). The molecule has 0 radical (unpaired) electrons. The predicted molar refractivity (Wildman–Crippen MR) is 114 cm³/mol. The number of nitrogens with zero attached hydrogens (tertiary/aromatic N) is 2. The molecular formula is C21H25N3OS2. The number of amides is 1. The SMILES string of the molecule is CCCn1c(C)cc(-c2csc(NC(=O)c3cc4c(s3)CCCC4)n2)c1C. The molecule has 1 aliphatic carbocycles. The molecule has 0 saturated heterocycles. The summed E-state index contributed by atoms with van der Waals surface area (Å²) >= 11 is 3.13. The first kappa shape index (κ1) is 18.4. The third-order valence-corrected chi connectivity index (χ3v) is 7.24.